The standard InChI is InChI=1S/C15H16ClF2NS/c1-8-6-13(18)11(7-12(8)17)9(2)19-10(3)14-4-5-15(16)20-14/h4-7,9-10,19H,1-3H3. The van der Waals surface area contributed by atoms with Crippen molar-refractivity contribution in [2.75, 3.05) is 0 Å². The van der Waals surface area contributed by atoms with Crippen LogP contribution in [0.1, 0.15) is 41.9 Å². The summed E-state index contributed by atoms with van der Waals surface area (Å²) in [6, 6.07) is 5.98. The summed E-state index contributed by atoms with van der Waals surface area (Å²) in [5.41, 5.74) is 0.652. The minimum absolute atomic E-state index is 0.0197. The molecular formula is C15H16ClF2NS. The fourth-order valence-electron chi connectivity index (χ4n) is 2.10. The molecule has 0 aliphatic heterocycles. The quantitative estimate of drug-likeness (QED) is 0.796. The SMILES string of the molecule is Cc1cc(F)c(C(C)NC(C)c2ccc(Cl)s2)cc1F. The van der Waals surface area contributed by atoms with Crippen molar-refractivity contribution in [1.82, 2.24) is 5.32 Å². The lowest BCUT2D eigenvalue weighted by molar-refractivity contribution is 0.473. The van der Waals surface area contributed by atoms with Gasteiger partial charge >= 0.3 is 0 Å². The average molecular weight is 316 g/mol. The van der Waals surface area contributed by atoms with E-state index < -0.39 is 0 Å². The molecule has 1 heterocycles. The van der Waals surface area contributed by atoms with E-state index in [9.17, 15) is 8.78 Å². The molecular weight excluding hydrogens is 300 g/mol. The van der Waals surface area contributed by atoms with Crippen molar-refractivity contribution in [3.05, 3.63) is 56.2 Å². The van der Waals surface area contributed by atoms with Crippen LogP contribution in [0.3, 0.4) is 0 Å². The summed E-state index contributed by atoms with van der Waals surface area (Å²) in [5.74, 6) is -0.776. The van der Waals surface area contributed by atoms with E-state index >= 15 is 0 Å². The number of thiophene rings is 1. The van der Waals surface area contributed by atoms with Gasteiger partial charge < -0.3 is 5.32 Å². The Bertz CT molecular complexity index is 612. The Labute approximate surface area is 126 Å². The van der Waals surface area contributed by atoms with E-state index in [1.54, 1.807) is 6.92 Å². The highest BCUT2D eigenvalue weighted by Gasteiger charge is 2.17. The van der Waals surface area contributed by atoms with E-state index in [0.29, 0.717) is 15.5 Å². The smallest absolute Gasteiger partial charge is 0.128 e. The van der Waals surface area contributed by atoms with Gasteiger partial charge in [-0.05, 0) is 50.6 Å². The number of hydrogen-bond donors (Lipinski definition) is 1. The molecule has 0 bridgehead atoms. The normalized spacial score (nSPS) is 14.3. The molecule has 108 valence electrons. The Kier molecular flexibility index (Phi) is 4.78. The molecule has 0 aliphatic rings. The Morgan fingerprint density at radius 3 is 2.40 bits per heavy atom. The van der Waals surface area contributed by atoms with E-state index in [1.807, 2.05) is 26.0 Å². The third-order valence-corrected chi connectivity index (χ3v) is 4.68. The predicted octanol–water partition coefficient (Wildman–Crippen LogP) is 5.40. The van der Waals surface area contributed by atoms with Crippen molar-refractivity contribution >= 4 is 22.9 Å². The Hall–Kier alpha value is -0.970. The lowest BCUT2D eigenvalue weighted by atomic mass is 10.0. The molecule has 0 radical (unpaired) electrons. The molecule has 0 fully saturated rings. The van der Waals surface area contributed by atoms with E-state index in [4.69, 9.17) is 11.6 Å². The zero-order chi connectivity index (χ0) is 14.9. The molecule has 0 saturated carbocycles. The maximum Gasteiger partial charge on any atom is 0.128 e. The van der Waals surface area contributed by atoms with Crippen LogP contribution in [-0.4, -0.2) is 0 Å². The summed E-state index contributed by atoms with van der Waals surface area (Å²) in [6.45, 7) is 5.34. The molecule has 2 aromatic rings. The maximum atomic E-state index is 13.9. The second-order valence-electron chi connectivity index (χ2n) is 4.87. The highest BCUT2D eigenvalue weighted by Crippen LogP contribution is 2.29. The number of nitrogens with one attached hydrogen (secondary N) is 1. The molecule has 1 aromatic carbocycles. The van der Waals surface area contributed by atoms with E-state index in [0.717, 1.165) is 4.88 Å². The fourth-order valence-corrected chi connectivity index (χ4v) is 3.17. The summed E-state index contributed by atoms with van der Waals surface area (Å²) in [5, 5.41) is 3.26. The molecule has 20 heavy (non-hydrogen) atoms. The second-order valence-corrected chi connectivity index (χ2v) is 6.62. The van der Waals surface area contributed by atoms with E-state index in [2.05, 4.69) is 5.32 Å². The number of rotatable bonds is 4. The first kappa shape index (κ1) is 15.4. The molecule has 0 amide bonds. The molecule has 0 aliphatic carbocycles. The van der Waals surface area contributed by atoms with Crippen LogP contribution in [-0.2, 0) is 0 Å². The van der Waals surface area contributed by atoms with Crippen molar-refractivity contribution in [3.8, 4) is 0 Å². The molecule has 1 N–H and O–H groups in total. The van der Waals surface area contributed by atoms with Gasteiger partial charge in [0.1, 0.15) is 11.6 Å². The zero-order valence-electron chi connectivity index (χ0n) is 11.5. The molecule has 0 spiro atoms. The van der Waals surface area contributed by atoms with E-state index in [1.165, 1.54) is 23.5 Å². The van der Waals surface area contributed by atoms with Crippen LogP contribution in [0.5, 0.6) is 0 Å². The van der Waals surface area contributed by atoms with E-state index in [-0.39, 0.29) is 23.7 Å². The van der Waals surface area contributed by atoms with Crippen molar-refractivity contribution in [1.29, 1.82) is 0 Å². The van der Waals surface area contributed by atoms with Crippen LogP contribution >= 0.6 is 22.9 Å². The van der Waals surface area contributed by atoms with Crippen LogP contribution in [0.15, 0.2) is 24.3 Å². The van der Waals surface area contributed by atoms with Gasteiger partial charge in [-0.15, -0.1) is 11.3 Å². The first-order valence-electron chi connectivity index (χ1n) is 6.35. The molecule has 0 saturated heterocycles. The van der Waals surface area contributed by atoms with Crippen LogP contribution in [0, 0.1) is 18.6 Å². The Morgan fingerprint density at radius 1 is 1.10 bits per heavy atom. The lowest BCUT2D eigenvalue weighted by Crippen LogP contribution is -2.22. The average Bonchev–Trinajstić information content (AvgIpc) is 2.80. The highest BCUT2D eigenvalue weighted by molar-refractivity contribution is 7.16. The maximum absolute atomic E-state index is 13.9. The second kappa shape index (κ2) is 6.20. The van der Waals surface area contributed by atoms with Crippen LogP contribution < -0.4 is 5.32 Å². The summed E-state index contributed by atoms with van der Waals surface area (Å²) in [4.78, 5) is 1.06. The largest absolute Gasteiger partial charge is 0.303 e. The topological polar surface area (TPSA) is 12.0 Å². The first-order chi connectivity index (χ1) is 9.38. The van der Waals surface area contributed by atoms with Gasteiger partial charge in [0.05, 0.1) is 4.34 Å². The van der Waals surface area contributed by atoms with Gasteiger partial charge in [-0.1, -0.05) is 11.6 Å². The number of halogens is 3. The third-order valence-electron chi connectivity index (χ3n) is 3.27. The minimum Gasteiger partial charge on any atom is -0.303 e. The fraction of sp³-hybridized carbons (Fsp3) is 0.333. The van der Waals surface area contributed by atoms with Gasteiger partial charge in [-0.2, -0.15) is 0 Å². The Balaban J connectivity index is 2.16. The van der Waals surface area contributed by atoms with Crippen LogP contribution in [0.25, 0.3) is 0 Å². The van der Waals surface area contributed by atoms with Crippen LogP contribution in [0.4, 0.5) is 8.78 Å². The first-order valence-corrected chi connectivity index (χ1v) is 7.54. The van der Waals surface area contributed by atoms with Gasteiger partial charge in [-0.25, -0.2) is 8.78 Å². The van der Waals surface area contributed by atoms with Crippen molar-refractivity contribution in [2.45, 2.75) is 32.9 Å². The minimum atomic E-state index is -0.389. The van der Waals surface area contributed by atoms with Gasteiger partial charge in [0, 0.05) is 22.5 Å². The summed E-state index contributed by atoms with van der Waals surface area (Å²) >= 11 is 7.38. The molecule has 5 heteroatoms. The van der Waals surface area contributed by atoms with Gasteiger partial charge in [0.15, 0.2) is 0 Å². The summed E-state index contributed by atoms with van der Waals surface area (Å²) in [6.07, 6.45) is 0. The lowest BCUT2D eigenvalue weighted by Gasteiger charge is -2.20. The third kappa shape index (κ3) is 3.37. The number of hydrogen-bond acceptors (Lipinski definition) is 2. The molecule has 1 aromatic heterocycles. The zero-order valence-corrected chi connectivity index (χ0v) is 13.1. The van der Waals surface area contributed by atoms with Crippen molar-refractivity contribution in [3.63, 3.8) is 0 Å². The molecule has 2 atom stereocenters. The summed E-state index contributed by atoms with van der Waals surface area (Å²) < 4.78 is 28.2. The van der Waals surface area contributed by atoms with Crippen LogP contribution in [0.2, 0.25) is 4.34 Å². The summed E-state index contributed by atoms with van der Waals surface area (Å²) in [7, 11) is 0. The van der Waals surface area contributed by atoms with Gasteiger partial charge in [0.2, 0.25) is 0 Å². The van der Waals surface area contributed by atoms with Crippen molar-refractivity contribution in [2.24, 2.45) is 0 Å². The molecule has 1 nitrogen and oxygen atoms in total. The van der Waals surface area contributed by atoms with Gasteiger partial charge in [-0.3, -0.25) is 0 Å². The number of benzene rings is 1. The predicted molar refractivity (Wildman–Crippen MR) is 80.4 cm³/mol. The number of aryl methyl sites for hydroxylation is 1. The molecule has 2 rings (SSSR count). The molecule has 2 unspecified atom stereocenters. The van der Waals surface area contributed by atoms with Gasteiger partial charge in [0.25, 0.3) is 0 Å². The Morgan fingerprint density at radius 2 is 1.80 bits per heavy atom. The highest BCUT2D eigenvalue weighted by atomic mass is 35.5. The van der Waals surface area contributed by atoms with Crippen molar-refractivity contribution < 1.29 is 8.78 Å². The monoisotopic (exact) mass is 315 g/mol.